The molecule has 94 valence electrons. The lowest BCUT2D eigenvalue weighted by molar-refractivity contribution is 0.0398. The molecule has 1 aliphatic rings. The number of aromatic carboxylic acids is 1. The fraction of sp³-hybridized carbons (Fsp3) is 0.600. The van der Waals surface area contributed by atoms with Gasteiger partial charge in [-0.3, -0.25) is 4.90 Å². The molecule has 17 heavy (non-hydrogen) atoms. The Hall–Kier alpha value is -1.60. The van der Waals surface area contributed by atoms with Gasteiger partial charge in [-0.25, -0.2) is 4.79 Å². The molecule has 7 heteroatoms. The molecule has 0 atom stereocenters. The lowest BCUT2D eigenvalue weighted by Crippen LogP contribution is -2.39. The van der Waals surface area contributed by atoms with Crippen molar-refractivity contribution in [3.05, 3.63) is 12.0 Å². The van der Waals surface area contributed by atoms with Gasteiger partial charge in [-0.15, -0.1) is 0 Å². The van der Waals surface area contributed by atoms with Crippen LogP contribution in [0, 0.1) is 0 Å². The fourth-order valence-corrected chi connectivity index (χ4v) is 1.60. The van der Waals surface area contributed by atoms with E-state index >= 15 is 0 Å². The predicted octanol–water partition coefficient (Wildman–Crippen LogP) is 0.117. The van der Waals surface area contributed by atoms with E-state index in [-0.39, 0.29) is 11.7 Å². The Bertz CT molecular complexity index is 373. The third-order valence-electron chi connectivity index (χ3n) is 2.53. The molecule has 0 bridgehead atoms. The van der Waals surface area contributed by atoms with Crippen LogP contribution >= 0.6 is 0 Å². The summed E-state index contributed by atoms with van der Waals surface area (Å²) >= 11 is 0. The third kappa shape index (κ3) is 3.43. The number of rotatable bonds is 5. The summed E-state index contributed by atoms with van der Waals surface area (Å²) in [6, 6.07) is 0.246. The van der Waals surface area contributed by atoms with Crippen LogP contribution in [-0.2, 0) is 4.74 Å². The van der Waals surface area contributed by atoms with Gasteiger partial charge in [0.2, 0.25) is 0 Å². The van der Waals surface area contributed by atoms with Crippen molar-refractivity contribution in [3.63, 3.8) is 0 Å². The van der Waals surface area contributed by atoms with E-state index in [1.165, 1.54) is 0 Å². The number of nitrogens with zero attached hydrogens (tertiary/aromatic N) is 2. The van der Waals surface area contributed by atoms with Gasteiger partial charge in [0.1, 0.15) is 6.26 Å². The number of aromatic nitrogens is 1. The van der Waals surface area contributed by atoms with Crippen LogP contribution in [0.1, 0.15) is 10.5 Å². The van der Waals surface area contributed by atoms with Gasteiger partial charge in [0, 0.05) is 26.2 Å². The second-order valence-corrected chi connectivity index (χ2v) is 3.72. The van der Waals surface area contributed by atoms with Gasteiger partial charge in [-0.05, 0) is 0 Å². The minimum atomic E-state index is -1.09. The molecule has 2 heterocycles. The second-order valence-electron chi connectivity index (χ2n) is 3.72. The smallest absolute Gasteiger partial charge is 0.357 e. The van der Waals surface area contributed by atoms with Crippen LogP contribution in [0.25, 0.3) is 0 Å². The molecule has 1 fully saturated rings. The predicted molar refractivity (Wildman–Crippen MR) is 59.2 cm³/mol. The molecule has 0 saturated carbocycles. The normalized spacial score (nSPS) is 16.9. The molecule has 7 nitrogen and oxygen atoms in total. The molecule has 0 amide bonds. The Morgan fingerprint density at radius 3 is 2.94 bits per heavy atom. The Morgan fingerprint density at radius 2 is 2.29 bits per heavy atom. The van der Waals surface area contributed by atoms with Gasteiger partial charge >= 0.3 is 5.97 Å². The number of oxazole rings is 1. The maximum atomic E-state index is 10.6. The molecule has 2 N–H and O–H groups in total. The van der Waals surface area contributed by atoms with Gasteiger partial charge in [-0.1, -0.05) is 0 Å². The Labute approximate surface area is 98.4 Å². The van der Waals surface area contributed by atoms with Crippen molar-refractivity contribution in [2.45, 2.75) is 0 Å². The van der Waals surface area contributed by atoms with Gasteiger partial charge in [-0.2, -0.15) is 4.98 Å². The number of carboxylic acids is 1. The van der Waals surface area contributed by atoms with Crippen molar-refractivity contribution in [1.29, 1.82) is 0 Å². The van der Waals surface area contributed by atoms with Crippen LogP contribution in [0.4, 0.5) is 6.01 Å². The molecular weight excluding hydrogens is 226 g/mol. The topological polar surface area (TPSA) is 87.8 Å². The zero-order chi connectivity index (χ0) is 12.1. The van der Waals surface area contributed by atoms with E-state index in [1.807, 2.05) is 0 Å². The van der Waals surface area contributed by atoms with E-state index in [4.69, 9.17) is 14.3 Å². The summed E-state index contributed by atoms with van der Waals surface area (Å²) in [5.41, 5.74) is -0.0844. The van der Waals surface area contributed by atoms with Crippen molar-refractivity contribution in [2.24, 2.45) is 0 Å². The highest BCUT2D eigenvalue weighted by molar-refractivity contribution is 5.85. The van der Waals surface area contributed by atoms with Crippen LogP contribution in [0.15, 0.2) is 10.7 Å². The number of carboxylic acid groups (broad SMARTS) is 1. The van der Waals surface area contributed by atoms with Gasteiger partial charge in [0.25, 0.3) is 6.01 Å². The third-order valence-corrected chi connectivity index (χ3v) is 2.53. The first-order chi connectivity index (χ1) is 8.25. The molecule has 2 rings (SSSR count). The molecule has 1 saturated heterocycles. The fourth-order valence-electron chi connectivity index (χ4n) is 1.60. The van der Waals surface area contributed by atoms with E-state index in [0.717, 1.165) is 39.1 Å². The lowest BCUT2D eigenvalue weighted by Gasteiger charge is -2.26. The molecule has 1 aromatic heterocycles. The average molecular weight is 241 g/mol. The monoisotopic (exact) mass is 241 g/mol. The van der Waals surface area contributed by atoms with Crippen molar-refractivity contribution < 1.29 is 19.1 Å². The highest BCUT2D eigenvalue weighted by Gasteiger charge is 2.12. The lowest BCUT2D eigenvalue weighted by atomic mass is 10.4. The highest BCUT2D eigenvalue weighted by Crippen LogP contribution is 2.06. The van der Waals surface area contributed by atoms with Gasteiger partial charge < -0.3 is 19.6 Å². The molecular formula is C10H15N3O4. The summed E-state index contributed by atoms with van der Waals surface area (Å²) in [6.07, 6.45) is 1.12. The van der Waals surface area contributed by atoms with Crippen LogP contribution < -0.4 is 5.32 Å². The SMILES string of the molecule is O=C(O)c1coc(NCCN2CCOCC2)n1. The van der Waals surface area contributed by atoms with Crippen LogP contribution in [-0.4, -0.2) is 60.4 Å². The van der Waals surface area contributed by atoms with Gasteiger partial charge in [0.15, 0.2) is 5.69 Å². The van der Waals surface area contributed by atoms with Crippen LogP contribution in [0.3, 0.4) is 0 Å². The summed E-state index contributed by atoms with van der Waals surface area (Å²) in [5.74, 6) is -1.09. The molecule has 1 aromatic rings. The summed E-state index contributed by atoms with van der Waals surface area (Å²) in [7, 11) is 0. The number of hydrogen-bond acceptors (Lipinski definition) is 6. The number of morpholine rings is 1. The Morgan fingerprint density at radius 1 is 1.53 bits per heavy atom. The molecule has 1 aliphatic heterocycles. The molecule has 0 radical (unpaired) electrons. The van der Waals surface area contributed by atoms with E-state index in [0.29, 0.717) is 6.54 Å². The summed E-state index contributed by atoms with van der Waals surface area (Å²) in [6.45, 7) is 4.90. The average Bonchev–Trinajstić information content (AvgIpc) is 2.79. The van der Waals surface area contributed by atoms with E-state index in [1.54, 1.807) is 0 Å². The number of nitrogens with one attached hydrogen (secondary N) is 1. The standard InChI is InChI=1S/C10H15N3O4/c14-9(15)8-7-17-10(12-8)11-1-2-13-3-5-16-6-4-13/h7H,1-6H2,(H,11,12)(H,14,15). The number of ether oxygens (including phenoxy) is 1. The van der Waals surface area contributed by atoms with E-state index < -0.39 is 5.97 Å². The quantitative estimate of drug-likeness (QED) is 0.756. The van der Waals surface area contributed by atoms with Crippen LogP contribution in [0.5, 0.6) is 0 Å². The molecule has 0 aromatic carbocycles. The molecule has 0 unspecified atom stereocenters. The molecule has 0 aliphatic carbocycles. The second kappa shape index (κ2) is 5.65. The van der Waals surface area contributed by atoms with Gasteiger partial charge in [0.05, 0.1) is 13.2 Å². The number of anilines is 1. The Kier molecular flexibility index (Phi) is 3.94. The summed E-state index contributed by atoms with van der Waals surface area (Å²) in [4.78, 5) is 16.6. The first-order valence-corrected chi connectivity index (χ1v) is 5.48. The zero-order valence-electron chi connectivity index (χ0n) is 9.39. The summed E-state index contributed by atoms with van der Waals surface area (Å²) < 4.78 is 10.2. The van der Waals surface area contributed by atoms with E-state index in [2.05, 4.69) is 15.2 Å². The first-order valence-electron chi connectivity index (χ1n) is 5.48. The minimum absolute atomic E-state index is 0.0844. The van der Waals surface area contributed by atoms with Crippen molar-refractivity contribution >= 4 is 12.0 Å². The maximum Gasteiger partial charge on any atom is 0.357 e. The first kappa shape index (κ1) is 11.9. The largest absolute Gasteiger partial charge is 0.476 e. The maximum absolute atomic E-state index is 10.6. The number of hydrogen-bond donors (Lipinski definition) is 2. The van der Waals surface area contributed by atoms with E-state index in [9.17, 15) is 4.79 Å². The Balaban J connectivity index is 1.71. The zero-order valence-corrected chi connectivity index (χ0v) is 9.39. The van der Waals surface area contributed by atoms with Crippen molar-refractivity contribution in [3.8, 4) is 0 Å². The number of carbonyl (C=O) groups is 1. The highest BCUT2D eigenvalue weighted by atomic mass is 16.5. The summed E-state index contributed by atoms with van der Waals surface area (Å²) in [5, 5.41) is 11.6. The van der Waals surface area contributed by atoms with Crippen molar-refractivity contribution in [2.75, 3.05) is 44.7 Å². The van der Waals surface area contributed by atoms with Crippen LogP contribution in [0.2, 0.25) is 0 Å². The molecule has 0 spiro atoms. The minimum Gasteiger partial charge on any atom is -0.476 e. The van der Waals surface area contributed by atoms with Crippen molar-refractivity contribution in [1.82, 2.24) is 9.88 Å².